The molecule has 0 saturated heterocycles. The summed E-state index contributed by atoms with van der Waals surface area (Å²) in [4.78, 5) is 14.7. The van der Waals surface area contributed by atoms with Crippen molar-refractivity contribution in [2.24, 2.45) is 4.99 Å². The maximum absolute atomic E-state index is 13.4. The highest BCUT2D eigenvalue weighted by molar-refractivity contribution is 5.81. The largest absolute Gasteiger partial charge is 0.481 e. The Hall–Kier alpha value is -1.91. The molecule has 0 amide bonds. The smallest absolute Gasteiger partial charge is 0.303 e. The molecule has 1 aromatic rings. The van der Waals surface area contributed by atoms with Gasteiger partial charge in [-0.3, -0.25) is 4.79 Å². The van der Waals surface area contributed by atoms with Crippen LogP contribution in [-0.2, 0) is 16.0 Å². The lowest BCUT2D eigenvalue weighted by atomic mass is 10.1. The molecule has 1 aliphatic heterocycles. The standard InChI is InChI=1S/C13H14FNO3/c14-11-4-2-1-3-9(11)7-10-8-18-12(15-10)5-6-13(16)17/h1-4,10H,5-8H2,(H,16,17). The first-order valence-corrected chi connectivity index (χ1v) is 5.80. The topological polar surface area (TPSA) is 58.9 Å². The minimum absolute atomic E-state index is 0.00521. The van der Waals surface area contributed by atoms with Gasteiger partial charge in [0.15, 0.2) is 5.90 Å². The van der Waals surface area contributed by atoms with E-state index < -0.39 is 5.97 Å². The van der Waals surface area contributed by atoms with Crippen molar-refractivity contribution in [1.82, 2.24) is 0 Å². The highest BCUT2D eigenvalue weighted by Crippen LogP contribution is 2.16. The van der Waals surface area contributed by atoms with Crippen LogP contribution in [0.3, 0.4) is 0 Å². The second-order valence-electron chi connectivity index (χ2n) is 4.18. The molecular formula is C13H14FNO3. The van der Waals surface area contributed by atoms with Crippen molar-refractivity contribution >= 4 is 11.9 Å². The molecule has 96 valence electrons. The molecule has 1 atom stereocenters. The molecule has 1 aromatic carbocycles. The van der Waals surface area contributed by atoms with Gasteiger partial charge in [-0.25, -0.2) is 9.38 Å². The van der Waals surface area contributed by atoms with Crippen LogP contribution in [-0.4, -0.2) is 29.6 Å². The molecule has 1 N–H and O–H groups in total. The molecule has 0 aromatic heterocycles. The van der Waals surface area contributed by atoms with Crippen molar-refractivity contribution in [1.29, 1.82) is 0 Å². The number of carboxylic acids is 1. The van der Waals surface area contributed by atoms with Crippen LogP contribution in [0.2, 0.25) is 0 Å². The summed E-state index contributed by atoms with van der Waals surface area (Å²) in [6, 6.07) is 6.44. The van der Waals surface area contributed by atoms with Crippen LogP contribution in [0.15, 0.2) is 29.3 Å². The molecule has 5 heteroatoms. The van der Waals surface area contributed by atoms with E-state index in [0.717, 1.165) is 0 Å². The summed E-state index contributed by atoms with van der Waals surface area (Å²) in [7, 11) is 0. The van der Waals surface area contributed by atoms with E-state index >= 15 is 0 Å². The van der Waals surface area contributed by atoms with Gasteiger partial charge in [0.25, 0.3) is 0 Å². The lowest BCUT2D eigenvalue weighted by Gasteiger charge is -2.05. The van der Waals surface area contributed by atoms with Crippen LogP contribution >= 0.6 is 0 Å². The molecule has 1 unspecified atom stereocenters. The Morgan fingerprint density at radius 3 is 3.00 bits per heavy atom. The number of carbonyl (C=O) groups is 1. The van der Waals surface area contributed by atoms with E-state index in [9.17, 15) is 9.18 Å². The van der Waals surface area contributed by atoms with Gasteiger partial charge in [-0.15, -0.1) is 0 Å². The second-order valence-corrected chi connectivity index (χ2v) is 4.18. The molecular weight excluding hydrogens is 237 g/mol. The number of nitrogens with zero attached hydrogens (tertiary/aromatic N) is 1. The Kier molecular flexibility index (Phi) is 3.92. The maximum Gasteiger partial charge on any atom is 0.303 e. The molecule has 0 bridgehead atoms. The zero-order valence-electron chi connectivity index (χ0n) is 9.80. The van der Waals surface area contributed by atoms with E-state index in [1.807, 2.05) is 0 Å². The summed E-state index contributed by atoms with van der Waals surface area (Å²) in [6.07, 6.45) is 0.775. The van der Waals surface area contributed by atoms with Crippen LogP contribution in [0, 0.1) is 5.82 Å². The molecule has 0 spiro atoms. The lowest BCUT2D eigenvalue weighted by Crippen LogP contribution is -2.11. The van der Waals surface area contributed by atoms with E-state index in [4.69, 9.17) is 9.84 Å². The quantitative estimate of drug-likeness (QED) is 0.871. The number of aliphatic imine (C=N–C) groups is 1. The average molecular weight is 251 g/mol. The summed E-state index contributed by atoms with van der Waals surface area (Å²) >= 11 is 0. The summed E-state index contributed by atoms with van der Waals surface area (Å²) < 4.78 is 18.7. The average Bonchev–Trinajstić information content (AvgIpc) is 2.77. The molecule has 2 rings (SSSR count). The molecule has 1 aliphatic rings. The third-order valence-electron chi connectivity index (χ3n) is 2.74. The number of halogens is 1. The van der Waals surface area contributed by atoms with Gasteiger partial charge in [-0.1, -0.05) is 18.2 Å². The molecule has 0 saturated carbocycles. The monoisotopic (exact) mass is 251 g/mol. The van der Waals surface area contributed by atoms with Gasteiger partial charge in [0.1, 0.15) is 12.4 Å². The van der Waals surface area contributed by atoms with E-state index in [1.165, 1.54) is 6.07 Å². The Bertz CT molecular complexity index is 473. The predicted octanol–water partition coefficient (Wildman–Crippen LogP) is 2.03. The third kappa shape index (κ3) is 3.29. The zero-order valence-corrected chi connectivity index (χ0v) is 9.80. The van der Waals surface area contributed by atoms with E-state index in [-0.39, 0.29) is 18.3 Å². The van der Waals surface area contributed by atoms with Crippen molar-refractivity contribution in [3.63, 3.8) is 0 Å². The fourth-order valence-corrected chi connectivity index (χ4v) is 1.84. The van der Waals surface area contributed by atoms with Crippen molar-refractivity contribution in [3.8, 4) is 0 Å². The number of rotatable bonds is 5. The first kappa shape index (κ1) is 12.5. The van der Waals surface area contributed by atoms with Crippen LogP contribution < -0.4 is 0 Å². The Morgan fingerprint density at radius 2 is 2.28 bits per heavy atom. The molecule has 0 aliphatic carbocycles. The fraction of sp³-hybridized carbons (Fsp3) is 0.385. The van der Waals surface area contributed by atoms with Gasteiger partial charge >= 0.3 is 5.97 Å². The molecule has 4 nitrogen and oxygen atoms in total. The van der Waals surface area contributed by atoms with E-state index in [0.29, 0.717) is 30.9 Å². The van der Waals surface area contributed by atoms with Crippen molar-refractivity contribution in [2.75, 3.05) is 6.61 Å². The second kappa shape index (κ2) is 5.62. The van der Waals surface area contributed by atoms with Crippen LogP contribution in [0.1, 0.15) is 18.4 Å². The first-order valence-electron chi connectivity index (χ1n) is 5.80. The Morgan fingerprint density at radius 1 is 1.50 bits per heavy atom. The van der Waals surface area contributed by atoms with Crippen LogP contribution in [0.25, 0.3) is 0 Å². The number of hydrogen-bond donors (Lipinski definition) is 1. The van der Waals surface area contributed by atoms with Crippen molar-refractivity contribution in [2.45, 2.75) is 25.3 Å². The third-order valence-corrected chi connectivity index (χ3v) is 2.74. The zero-order chi connectivity index (χ0) is 13.0. The SMILES string of the molecule is O=C(O)CCC1=NC(Cc2ccccc2F)CO1. The number of carboxylic acid groups (broad SMARTS) is 1. The van der Waals surface area contributed by atoms with Gasteiger partial charge in [0.2, 0.25) is 0 Å². The lowest BCUT2D eigenvalue weighted by molar-refractivity contribution is -0.136. The van der Waals surface area contributed by atoms with Crippen molar-refractivity contribution < 1.29 is 19.0 Å². The predicted molar refractivity (Wildman–Crippen MR) is 64.1 cm³/mol. The molecule has 0 fully saturated rings. The minimum atomic E-state index is -0.876. The fourth-order valence-electron chi connectivity index (χ4n) is 1.84. The maximum atomic E-state index is 13.4. The number of benzene rings is 1. The minimum Gasteiger partial charge on any atom is -0.481 e. The van der Waals surface area contributed by atoms with Crippen molar-refractivity contribution in [3.05, 3.63) is 35.6 Å². The highest BCUT2D eigenvalue weighted by Gasteiger charge is 2.20. The molecule has 0 radical (unpaired) electrons. The first-order chi connectivity index (χ1) is 8.65. The van der Waals surface area contributed by atoms with E-state index in [1.54, 1.807) is 18.2 Å². The summed E-state index contributed by atoms with van der Waals surface area (Å²) in [6.45, 7) is 0.392. The van der Waals surface area contributed by atoms with Gasteiger partial charge < -0.3 is 9.84 Å². The number of ether oxygens (including phenoxy) is 1. The van der Waals surface area contributed by atoms with Gasteiger partial charge in [-0.2, -0.15) is 0 Å². The van der Waals surface area contributed by atoms with Crippen LogP contribution in [0.5, 0.6) is 0 Å². The van der Waals surface area contributed by atoms with E-state index in [2.05, 4.69) is 4.99 Å². The van der Waals surface area contributed by atoms with Gasteiger partial charge in [-0.05, 0) is 11.6 Å². The number of hydrogen-bond acceptors (Lipinski definition) is 3. The number of aliphatic carboxylic acids is 1. The summed E-state index contributed by atoms with van der Waals surface area (Å²) in [5.41, 5.74) is 0.606. The molecule has 18 heavy (non-hydrogen) atoms. The summed E-state index contributed by atoms with van der Waals surface area (Å²) in [5, 5.41) is 8.55. The van der Waals surface area contributed by atoms with Gasteiger partial charge in [0, 0.05) is 12.8 Å². The highest BCUT2D eigenvalue weighted by atomic mass is 19.1. The Balaban J connectivity index is 1.92. The molecule has 1 heterocycles. The van der Waals surface area contributed by atoms with Gasteiger partial charge in [0.05, 0.1) is 12.5 Å². The Labute approximate surface area is 104 Å². The van der Waals surface area contributed by atoms with Crippen LogP contribution in [0.4, 0.5) is 4.39 Å². The summed E-state index contributed by atoms with van der Waals surface area (Å²) in [5.74, 6) is -0.663. The normalized spacial score (nSPS) is 18.3.